The number of carbonyl (C=O) groups excluding carboxylic acids is 1. The minimum absolute atomic E-state index is 0.224. The van der Waals surface area contributed by atoms with E-state index in [1.54, 1.807) is 0 Å². The molecule has 0 atom stereocenters. The third-order valence-electron chi connectivity index (χ3n) is 5.70. The lowest BCUT2D eigenvalue weighted by Gasteiger charge is -2.39. The summed E-state index contributed by atoms with van der Waals surface area (Å²) in [5, 5.41) is 10.4. The molecule has 1 aliphatic heterocycles. The van der Waals surface area contributed by atoms with Crippen molar-refractivity contribution in [3.05, 3.63) is 0 Å². The number of hydrogen-bond acceptors (Lipinski definition) is 2. The molecule has 2 fully saturated rings. The molecule has 1 saturated carbocycles. The SMILES string of the molecule is CCCC1(O)CCN(C(=O)CC2(C(C)(C)C)CC2)CC1. The van der Waals surface area contributed by atoms with Crippen molar-refractivity contribution in [2.45, 2.75) is 78.2 Å². The molecular formula is C17H31NO2. The fourth-order valence-corrected chi connectivity index (χ4v) is 3.63. The summed E-state index contributed by atoms with van der Waals surface area (Å²) in [5.41, 5.74) is -0.0600. The first-order valence-electron chi connectivity index (χ1n) is 8.22. The van der Waals surface area contributed by atoms with E-state index in [4.69, 9.17) is 0 Å². The van der Waals surface area contributed by atoms with Gasteiger partial charge >= 0.3 is 0 Å². The Kier molecular flexibility index (Phi) is 4.21. The van der Waals surface area contributed by atoms with Crippen LogP contribution >= 0.6 is 0 Å². The summed E-state index contributed by atoms with van der Waals surface area (Å²) in [4.78, 5) is 14.5. The highest BCUT2D eigenvalue weighted by atomic mass is 16.3. The molecule has 0 aromatic carbocycles. The number of nitrogens with zero attached hydrogens (tertiary/aromatic N) is 1. The second kappa shape index (κ2) is 5.32. The van der Waals surface area contributed by atoms with E-state index in [-0.39, 0.29) is 10.8 Å². The van der Waals surface area contributed by atoms with Gasteiger partial charge in [-0.3, -0.25) is 4.79 Å². The Bertz CT molecular complexity index is 358. The van der Waals surface area contributed by atoms with E-state index in [2.05, 4.69) is 27.7 Å². The molecule has 1 heterocycles. The van der Waals surface area contributed by atoms with Gasteiger partial charge in [0, 0.05) is 19.5 Å². The maximum atomic E-state index is 12.5. The summed E-state index contributed by atoms with van der Waals surface area (Å²) in [5.74, 6) is 0.302. The second-order valence-electron chi connectivity index (χ2n) is 8.06. The topological polar surface area (TPSA) is 40.5 Å². The molecule has 116 valence electrons. The van der Waals surface area contributed by atoms with Gasteiger partial charge in [-0.2, -0.15) is 0 Å². The Labute approximate surface area is 123 Å². The zero-order valence-corrected chi connectivity index (χ0v) is 13.7. The lowest BCUT2D eigenvalue weighted by atomic mass is 9.75. The third-order valence-corrected chi connectivity index (χ3v) is 5.70. The van der Waals surface area contributed by atoms with Crippen LogP contribution in [0.25, 0.3) is 0 Å². The number of aliphatic hydroxyl groups is 1. The van der Waals surface area contributed by atoms with E-state index < -0.39 is 5.60 Å². The van der Waals surface area contributed by atoms with E-state index in [1.807, 2.05) is 4.90 Å². The largest absolute Gasteiger partial charge is 0.390 e. The average Bonchev–Trinajstić information content (AvgIpc) is 3.10. The van der Waals surface area contributed by atoms with Gasteiger partial charge in [0.2, 0.25) is 5.91 Å². The molecule has 2 aliphatic rings. The predicted molar refractivity (Wildman–Crippen MR) is 81.4 cm³/mol. The van der Waals surface area contributed by atoms with Crippen LogP contribution in [0.3, 0.4) is 0 Å². The Balaban J connectivity index is 1.87. The van der Waals surface area contributed by atoms with Crippen LogP contribution in [-0.4, -0.2) is 34.6 Å². The van der Waals surface area contributed by atoms with Crippen LogP contribution < -0.4 is 0 Å². The first kappa shape index (κ1) is 15.8. The summed E-state index contributed by atoms with van der Waals surface area (Å²) in [7, 11) is 0. The molecule has 2 rings (SSSR count). The van der Waals surface area contributed by atoms with Crippen LogP contribution in [0, 0.1) is 10.8 Å². The number of likely N-dealkylation sites (tertiary alicyclic amines) is 1. The summed E-state index contributed by atoms with van der Waals surface area (Å²) in [6.07, 6.45) is 6.44. The van der Waals surface area contributed by atoms with Crippen LogP contribution in [0.15, 0.2) is 0 Å². The van der Waals surface area contributed by atoms with E-state index >= 15 is 0 Å². The van der Waals surface area contributed by atoms with Crippen molar-refractivity contribution in [1.82, 2.24) is 4.90 Å². The van der Waals surface area contributed by atoms with Crippen molar-refractivity contribution < 1.29 is 9.90 Å². The molecule has 0 unspecified atom stereocenters. The van der Waals surface area contributed by atoms with Crippen LogP contribution in [0.2, 0.25) is 0 Å². The minimum atomic E-state index is -0.521. The van der Waals surface area contributed by atoms with Gasteiger partial charge < -0.3 is 10.0 Å². The first-order chi connectivity index (χ1) is 9.21. The molecular weight excluding hydrogens is 250 g/mol. The number of rotatable bonds is 4. The first-order valence-corrected chi connectivity index (χ1v) is 8.22. The van der Waals surface area contributed by atoms with Gasteiger partial charge in [-0.05, 0) is 42.9 Å². The summed E-state index contributed by atoms with van der Waals surface area (Å²) < 4.78 is 0. The Morgan fingerprint density at radius 3 is 2.10 bits per heavy atom. The van der Waals surface area contributed by atoms with Crippen LogP contribution in [0.1, 0.15) is 72.6 Å². The highest BCUT2D eigenvalue weighted by molar-refractivity contribution is 5.77. The van der Waals surface area contributed by atoms with E-state index in [0.717, 1.165) is 38.8 Å². The van der Waals surface area contributed by atoms with Gasteiger partial charge in [-0.25, -0.2) is 0 Å². The Morgan fingerprint density at radius 2 is 1.70 bits per heavy atom. The molecule has 1 saturated heterocycles. The maximum absolute atomic E-state index is 12.5. The van der Waals surface area contributed by atoms with Crippen molar-refractivity contribution in [3.63, 3.8) is 0 Å². The highest BCUT2D eigenvalue weighted by Crippen LogP contribution is 2.61. The number of carbonyl (C=O) groups is 1. The molecule has 3 nitrogen and oxygen atoms in total. The summed E-state index contributed by atoms with van der Waals surface area (Å²) in [6.45, 7) is 10.3. The fourth-order valence-electron chi connectivity index (χ4n) is 3.63. The zero-order chi connectivity index (χ0) is 15.0. The standard InChI is InChI=1S/C17H31NO2/c1-5-6-17(20)9-11-18(12-10-17)14(19)13-16(7-8-16)15(2,3)4/h20H,5-13H2,1-4H3. The third kappa shape index (κ3) is 3.19. The highest BCUT2D eigenvalue weighted by Gasteiger charge is 2.53. The van der Waals surface area contributed by atoms with Crippen LogP contribution in [-0.2, 0) is 4.79 Å². The molecule has 0 spiro atoms. The van der Waals surface area contributed by atoms with Crippen LogP contribution in [0.5, 0.6) is 0 Å². The van der Waals surface area contributed by atoms with Crippen molar-refractivity contribution in [1.29, 1.82) is 0 Å². The van der Waals surface area contributed by atoms with Crippen molar-refractivity contribution in [3.8, 4) is 0 Å². The normalized spacial score (nSPS) is 24.6. The molecule has 3 heteroatoms. The van der Waals surface area contributed by atoms with Crippen LogP contribution in [0.4, 0.5) is 0 Å². The Morgan fingerprint density at radius 1 is 1.15 bits per heavy atom. The molecule has 1 N–H and O–H groups in total. The molecule has 20 heavy (non-hydrogen) atoms. The van der Waals surface area contributed by atoms with Gasteiger partial charge in [0.1, 0.15) is 0 Å². The predicted octanol–water partition coefficient (Wildman–Crippen LogP) is 3.36. The van der Waals surface area contributed by atoms with Gasteiger partial charge in [-0.15, -0.1) is 0 Å². The lowest BCUT2D eigenvalue weighted by Crippen LogP contribution is -2.47. The molecule has 0 bridgehead atoms. The van der Waals surface area contributed by atoms with Gasteiger partial charge in [0.15, 0.2) is 0 Å². The molecule has 1 amide bonds. The molecule has 1 aliphatic carbocycles. The van der Waals surface area contributed by atoms with Gasteiger partial charge in [0.05, 0.1) is 5.60 Å². The smallest absolute Gasteiger partial charge is 0.223 e. The zero-order valence-electron chi connectivity index (χ0n) is 13.7. The van der Waals surface area contributed by atoms with Crippen molar-refractivity contribution in [2.75, 3.05) is 13.1 Å². The summed E-state index contributed by atoms with van der Waals surface area (Å²) in [6, 6.07) is 0. The lowest BCUT2D eigenvalue weighted by molar-refractivity contribution is -0.138. The molecule has 0 aromatic rings. The molecule has 0 radical (unpaired) electrons. The number of hydrogen-bond donors (Lipinski definition) is 1. The monoisotopic (exact) mass is 281 g/mol. The van der Waals surface area contributed by atoms with Gasteiger partial charge in [-0.1, -0.05) is 34.1 Å². The summed E-state index contributed by atoms with van der Waals surface area (Å²) >= 11 is 0. The number of piperidine rings is 1. The number of amides is 1. The minimum Gasteiger partial charge on any atom is -0.390 e. The van der Waals surface area contributed by atoms with Crippen molar-refractivity contribution >= 4 is 5.91 Å². The fraction of sp³-hybridized carbons (Fsp3) is 0.941. The Hall–Kier alpha value is -0.570. The van der Waals surface area contributed by atoms with Gasteiger partial charge in [0.25, 0.3) is 0 Å². The quantitative estimate of drug-likeness (QED) is 0.858. The average molecular weight is 281 g/mol. The van der Waals surface area contributed by atoms with Crippen molar-refractivity contribution in [2.24, 2.45) is 10.8 Å². The van der Waals surface area contributed by atoms with E-state index in [9.17, 15) is 9.90 Å². The second-order valence-corrected chi connectivity index (χ2v) is 8.06. The molecule has 0 aromatic heterocycles. The van der Waals surface area contributed by atoms with E-state index in [0.29, 0.717) is 12.3 Å². The van der Waals surface area contributed by atoms with E-state index in [1.165, 1.54) is 12.8 Å². The maximum Gasteiger partial charge on any atom is 0.223 e.